The number of nitrogens with zero attached hydrogens (tertiary/aromatic N) is 3. The number of methoxy groups -OCH3 is 1. The van der Waals surface area contributed by atoms with E-state index in [1.54, 1.807) is 26.1 Å². The molecule has 1 aliphatic heterocycles. The molecule has 0 aliphatic carbocycles. The fourth-order valence-electron chi connectivity index (χ4n) is 3.82. The zero-order chi connectivity index (χ0) is 24.8. The summed E-state index contributed by atoms with van der Waals surface area (Å²) in [5, 5.41) is 2.63. The van der Waals surface area contributed by atoms with Crippen LogP contribution in [0.1, 0.15) is 12.0 Å². The van der Waals surface area contributed by atoms with E-state index in [2.05, 4.69) is 15.0 Å². The molecule has 4 rings (SSSR count). The molecule has 0 unspecified atom stereocenters. The molecular weight excluding hydrogens is 492 g/mol. The Morgan fingerprint density at radius 2 is 2.00 bits per heavy atom. The maximum Gasteiger partial charge on any atom is 0.301 e. The molecule has 1 saturated heterocycles. The van der Waals surface area contributed by atoms with E-state index in [9.17, 15) is 22.0 Å². The average molecular weight is 514 g/mol. The standard InChI is InChI=1S/C21H22ClF2N5O4S/c1-11-14(4-5-15-17(11)21(30)28(2)10-25-15)26-20-18(22)16(8-13(23)19(20)24)27-34(31,32)29-7-6-12(9-29)33-3/h4-5,8,10,12,26-27H,6-7,9H2,1-3H3/t12-/m1/s1. The van der Waals surface area contributed by atoms with Crippen molar-refractivity contribution < 1.29 is 21.9 Å². The molecule has 2 heterocycles. The number of fused-ring (bicyclic) bond motifs is 1. The largest absolute Gasteiger partial charge is 0.380 e. The highest BCUT2D eigenvalue weighted by molar-refractivity contribution is 7.90. The number of aryl methyl sites for hydroxylation is 2. The zero-order valence-corrected chi connectivity index (χ0v) is 20.1. The van der Waals surface area contributed by atoms with Gasteiger partial charge in [0.05, 0.1) is 39.7 Å². The Hall–Kier alpha value is -2.80. The quantitative estimate of drug-likeness (QED) is 0.490. The molecule has 34 heavy (non-hydrogen) atoms. The number of hydrogen-bond donors (Lipinski definition) is 2. The summed E-state index contributed by atoms with van der Waals surface area (Å²) in [6.07, 6.45) is 1.63. The highest BCUT2D eigenvalue weighted by Gasteiger charge is 2.32. The van der Waals surface area contributed by atoms with E-state index in [1.807, 2.05) is 0 Å². The van der Waals surface area contributed by atoms with E-state index in [1.165, 1.54) is 18.0 Å². The van der Waals surface area contributed by atoms with Gasteiger partial charge >= 0.3 is 10.2 Å². The van der Waals surface area contributed by atoms with E-state index in [-0.39, 0.29) is 41.2 Å². The van der Waals surface area contributed by atoms with Gasteiger partial charge in [-0.2, -0.15) is 12.7 Å². The van der Waals surface area contributed by atoms with E-state index in [4.69, 9.17) is 16.3 Å². The molecule has 1 fully saturated rings. The van der Waals surface area contributed by atoms with E-state index >= 15 is 0 Å². The molecule has 182 valence electrons. The van der Waals surface area contributed by atoms with Crippen LogP contribution in [0.3, 0.4) is 0 Å². The third-order valence-electron chi connectivity index (χ3n) is 5.78. The van der Waals surface area contributed by atoms with Gasteiger partial charge in [0.1, 0.15) is 0 Å². The number of anilines is 3. The Morgan fingerprint density at radius 3 is 2.68 bits per heavy atom. The summed E-state index contributed by atoms with van der Waals surface area (Å²) in [4.78, 5) is 16.8. The van der Waals surface area contributed by atoms with Crippen LogP contribution in [0.5, 0.6) is 0 Å². The molecular formula is C21H22ClF2N5O4S. The van der Waals surface area contributed by atoms with Crippen LogP contribution in [-0.2, 0) is 22.0 Å². The smallest absolute Gasteiger partial charge is 0.301 e. The fourth-order valence-corrected chi connectivity index (χ4v) is 5.39. The van der Waals surface area contributed by atoms with Gasteiger partial charge in [-0.15, -0.1) is 0 Å². The summed E-state index contributed by atoms with van der Waals surface area (Å²) >= 11 is 6.31. The minimum absolute atomic E-state index is 0.123. The van der Waals surface area contributed by atoms with Crippen molar-refractivity contribution in [2.45, 2.75) is 19.4 Å². The predicted molar refractivity (Wildman–Crippen MR) is 126 cm³/mol. The number of halogens is 3. The lowest BCUT2D eigenvalue weighted by Crippen LogP contribution is -2.35. The maximum atomic E-state index is 14.7. The fraction of sp³-hybridized carbons (Fsp3) is 0.333. The van der Waals surface area contributed by atoms with E-state index in [0.717, 1.165) is 4.31 Å². The van der Waals surface area contributed by atoms with Crippen LogP contribution in [0, 0.1) is 18.6 Å². The number of rotatable bonds is 6. The van der Waals surface area contributed by atoms with Crippen LogP contribution >= 0.6 is 11.6 Å². The first-order chi connectivity index (χ1) is 16.0. The van der Waals surface area contributed by atoms with Gasteiger partial charge in [0.2, 0.25) is 0 Å². The molecule has 2 aromatic carbocycles. The minimum atomic E-state index is -4.10. The van der Waals surface area contributed by atoms with Gasteiger partial charge in [-0.3, -0.25) is 9.52 Å². The molecule has 0 radical (unpaired) electrons. The summed E-state index contributed by atoms with van der Waals surface area (Å²) in [6.45, 7) is 1.96. The first-order valence-corrected chi connectivity index (χ1v) is 12.1. The van der Waals surface area contributed by atoms with Gasteiger partial charge in [0.15, 0.2) is 11.6 Å². The number of nitrogens with one attached hydrogen (secondary N) is 2. The summed E-state index contributed by atoms with van der Waals surface area (Å²) in [7, 11) is -1.06. The first kappa shape index (κ1) is 24.3. The summed E-state index contributed by atoms with van der Waals surface area (Å²) in [5.41, 5.74) is 0.0328. The maximum absolute atomic E-state index is 14.7. The highest BCUT2D eigenvalue weighted by Crippen LogP contribution is 2.38. The lowest BCUT2D eigenvalue weighted by molar-refractivity contribution is 0.115. The third kappa shape index (κ3) is 4.33. The SMILES string of the molecule is CO[C@@H]1CCN(S(=O)(=O)Nc2cc(F)c(F)c(Nc3ccc4ncn(C)c(=O)c4c3C)c2Cl)C1. The van der Waals surface area contributed by atoms with E-state index < -0.39 is 27.5 Å². The van der Waals surface area contributed by atoms with Gasteiger partial charge in [0, 0.05) is 39.0 Å². The molecule has 1 atom stereocenters. The Morgan fingerprint density at radius 1 is 1.26 bits per heavy atom. The topological polar surface area (TPSA) is 106 Å². The molecule has 3 aromatic rings. The first-order valence-electron chi connectivity index (χ1n) is 10.2. The lowest BCUT2D eigenvalue weighted by atomic mass is 10.1. The average Bonchev–Trinajstić information content (AvgIpc) is 3.29. The van der Waals surface area contributed by atoms with Crippen LogP contribution < -0.4 is 15.6 Å². The minimum Gasteiger partial charge on any atom is -0.380 e. The number of ether oxygens (including phenoxy) is 1. The van der Waals surface area contributed by atoms with Crippen LogP contribution in [0.4, 0.5) is 25.8 Å². The molecule has 0 amide bonds. The highest BCUT2D eigenvalue weighted by atomic mass is 35.5. The number of aromatic nitrogens is 2. The monoisotopic (exact) mass is 513 g/mol. The number of hydrogen-bond acceptors (Lipinski definition) is 6. The van der Waals surface area contributed by atoms with Gasteiger partial charge < -0.3 is 14.6 Å². The third-order valence-corrected chi connectivity index (χ3v) is 7.66. The number of benzene rings is 2. The Bertz CT molecular complexity index is 1450. The summed E-state index contributed by atoms with van der Waals surface area (Å²) in [6, 6.07) is 3.78. The van der Waals surface area contributed by atoms with Gasteiger partial charge in [-0.25, -0.2) is 13.8 Å². The summed E-state index contributed by atoms with van der Waals surface area (Å²) in [5.74, 6) is -2.61. The second-order valence-electron chi connectivity index (χ2n) is 7.94. The Kier molecular flexibility index (Phi) is 6.51. The Labute approximate surface area is 199 Å². The molecule has 1 aromatic heterocycles. The van der Waals surface area contributed by atoms with Crippen LogP contribution in [0.2, 0.25) is 5.02 Å². The van der Waals surface area contributed by atoms with Gasteiger partial charge in [-0.05, 0) is 31.0 Å². The van der Waals surface area contributed by atoms with Crippen molar-refractivity contribution in [3.63, 3.8) is 0 Å². The van der Waals surface area contributed by atoms with E-state index in [0.29, 0.717) is 29.0 Å². The second kappa shape index (κ2) is 9.10. The molecule has 9 nitrogen and oxygen atoms in total. The van der Waals surface area contributed by atoms with Crippen LogP contribution in [0.25, 0.3) is 10.9 Å². The van der Waals surface area contributed by atoms with Crippen molar-refractivity contribution >= 4 is 49.8 Å². The predicted octanol–water partition coefficient (Wildman–Crippen LogP) is 3.29. The van der Waals surface area contributed by atoms with Crippen molar-refractivity contribution in [1.82, 2.24) is 13.9 Å². The van der Waals surface area contributed by atoms with Crippen molar-refractivity contribution in [2.75, 3.05) is 30.2 Å². The molecule has 0 saturated carbocycles. The second-order valence-corrected chi connectivity index (χ2v) is 9.99. The van der Waals surface area contributed by atoms with Crippen molar-refractivity contribution in [1.29, 1.82) is 0 Å². The normalized spacial score (nSPS) is 16.8. The molecule has 2 N–H and O–H groups in total. The van der Waals surface area contributed by atoms with Gasteiger partial charge in [-0.1, -0.05) is 11.6 Å². The van der Waals surface area contributed by atoms with Crippen LogP contribution in [-0.4, -0.2) is 48.6 Å². The van der Waals surface area contributed by atoms with Crippen molar-refractivity contribution in [2.24, 2.45) is 7.05 Å². The zero-order valence-electron chi connectivity index (χ0n) is 18.5. The molecule has 0 spiro atoms. The Balaban J connectivity index is 1.72. The van der Waals surface area contributed by atoms with Crippen molar-refractivity contribution in [3.8, 4) is 0 Å². The van der Waals surface area contributed by atoms with Crippen LogP contribution in [0.15, 0.2) is 29.3 Å². The molecule has 13 heteroatoms. The molecule has 0 bridgehead atoms. The molecule has 1 aliphatic rings. The lowest BCUT2D eigenvalue weighted by Gasteiger charge is -2.20. The van der Waals surface area contributed by atoms with Crippen molar-refractivity contribution in [3.05, 3.63) is 57.1 Å². The van der Waals surface area contributed by atoms with Gasteiger partial charge in [0.25, 0.3) is 5.56 Å². The summed E-state index contributed by atoms with van der Waals surface area (Å²) < 4.78 is 64.6.